The van der Waals surface area contributed by atoms with Crippen LogP contribution in [0.25, 0.3) is 6.08 Å². The Hall–Kier alpha value is -3.51. The van der Waals surface area contributed by atoms with Crippen molar-refractivity contribution in [2.45, 2.75) is 13.1 Å². The first kappa shape index (κ1) is 25.6. The second kappa shape index (κ2) is 10.6. The van der Waals surface area contributed by atoms with Crippen LogP contribution in [0.5, 0.6) is 17.2 Å². The molecule has 0 aliphatic carbocycles. The standard InChI is InChI=1S/C23H18ClF3N4O4S/c1-2-33-18-12-13(7-8-17(18)35-10-9-34-16-6-4-3-5-15(16)24)11-14-19(28)31-22(29-20(14)32)36-21(30-31)23(25,26)27/h3-8,11-12,28H,2,9-10H2,1H3/b14-11+,28-19?. The van der Waals surface area contributed by atoms with E-state index in [0.29, 0.717) is 39.5 Å². The number of halogens is 4. The molecule has 4 rings (SSSR count). The summed E-state index contributed by atoms with van der Waals surface area (Å²) in [6.07, 6.45) is -3.37. The van der Waals surface area contributed by atoms with Crippen molar-refractivity contribution in [3.63, 3.8) is 0 Å². The number of aliphatic imine (C=N–C) groups is 1. The van der Waals surface area contributed by atoms with Crippen LogP contribution in [0.4, 0.5) is 13.2 Å². The first-order valence-corrected chi connectivity index (χ1v) is 11.7. The highest BCUT2D eigenvalue weighted by Gasteiger charge is 2.46. The molecule has 8 nitrogen and oxygen atoms in total. The predicted molar refractivity (Wildman–Crippen MR) is 131 cm³/mol. The second-order valence-electron chi connectivity index (χ2n) is 7.19. The lowest BCUT2D eigenvalue weighted by Crippen LogP contribution is -2.35. The molecule has 2 aromatic carbocycles. The van der Waals surface area contributed by atoms with Crippen LogP contribution in [0.3, 0.4) is 0 Å². The number of amidine groups is 2. The lowest BCUT2D eigenvalue weighted by molar-refractivity contribution is -0.114. The van der Waals surface area contributed by atoms with Gasteiger partial charge in [0.05, 0.1) is 17.2 Å². The Balaban J connectivity index is 1.49. The molecule has 13 heteroatoms. The van der Waals surface area contributed by atoms with E-state index in [0.717, 1.165) is 0 Å². The number of hydrogen-bond acceptors (Lipinski definition) is 7. The van der Waals surface area contributed by atoms with Crippen LogP contribution >= 0.6 is 23.4 Å². The molecule has 1 amide bonds. The number of hydrogen-bond donors (Lipinski definition) is 1. The molecular weight excluding hydrogens is 521 g/mol. The van der Waals surface area contributed by atoms with E-state index in [1.54, 1.807) is 49.4 Å². The maximum Gasteiger partial charge on any atom is 0.441 e. The van der Waals surface area contributed by atoms with E-state index in [-0.39, 0.29) is 35.7 Å². The molecule has 2 aromatic rings. The van der Waals surface area contributed by atoms with Gasteiger partial charge in [0.1, 0.15) is 19.0 Å². The van der Waals surface area contributed by atoms with Crippen LogP contribution < -0.4 is 14.2 Å². The van der Waals surface area contributed by atoms with Crippen LogP contribution in [0, 0.1) is 5.41 Å². The van der Waals surface area contributed by atoms with Crippen molar-refractivity contribution in [3.05, 3.63) is 58.6 Å². The third kappa shape index (κ3) is 5.65. The zero-order valence-electron chi connectivity index (χ0n) is 18.6. The van der Waals surface area contributed by atoms with Crippen molar-refractivity contribution >= 4 is 51.4 Å². The maximum atomic E-state index is 13.0. The fourth-order valence-corrected chi connectivity index (χ4v) is 4.09. The number of rotatable bonds is 8. The van der Waals surface area contributed by atoms with Gasteiger partial charge in [-0.3, -0.25) is 10.2 Å². The molecule has 2 aliphatic heterocycles. The zero-order chi connectivity index (χ0) is 25.9. The van der Waals surface area contributed by atoms with Crippen molar-refractivity contribution in [2.24, 2.45) is 10.1 Å². The van der Waals surface area contributed by atoms with Gasteiger partial charge in [0.2, 0.25) is 10.2 Å². The Morgan fingerprint density at radius 1 is 1.08 bits per heavy atom. The van der Waals surface area contributed by atoms with Gasteiger partial charge in [-0.1, -0.05) is 29.8 Å². The Labute approximate surface area is 212 Å². The van der Waals surface area contributed by atoms with Gasteiger partial charge < -0.3 is 14.2 Å². The molecule has 0 saturated carbocycles. The molecular formula is C23H18ClF3N4O4S. The number of hydrazone groups is 1. The predicted octanol–water partition coefficient (Wildman–Crippen LogP) is 5.38. The molecule has 188 valence electrons. The SMILES string of the molecule is CCOc1cc(/C=C2\C(=N)N3N=C(C(F)(F)F)SC3=NC2=O)ccc1OCCOc1ccccc1Cl. The van der Waals surface area contributed by atoms with Crippen molar-refractivity contribution in [1.29, 1.82) is 5.41 Å². The number of para-hydroxylation sites is 1. The van der Waals surface area contributed by atoms with Gasteiger partial charge in [-0.25, -0.2) is 0 Å². The summed E-state index contributed by atoms with van der Waals surface area (Å²) in [7, 11) is 0. The molecule has 0 fully saturated rings. The fraction of sp³-hybridized carbons (Fsp3) is 0.217. The Morgan fingerprint density at radius 3 is 2.50 bits per heavy atom. The largest absolute Gasteiger partial charge is 0.490 e. The number of nitrogens with zero attached hydrogens (tertiary/aromatic N) is 3. The Morgan fingerprint density at radius 2 is 1.81 bits per heavy atom. The smallest absolute Gasteiger partial charge is 0.441 e. The van der Waals surface area contributed by atoms with E-state index in [9.17, 15) is 18.0 Å². The molecule has 0 unspecified atom stereocenters. The zero-order valence-corrected chi connectivity index (χ0v) is 20.2. The van der Waals surface area contributed by atoms with Crippen LogP contribution in [0.2, 0.25) is 5.02 Å². The Bertz CT molecular complexity index is 1300. The number of ether oxygens (including phenoxy) is 3. The minimum absolute atomic E-state index is 0.193. The Kier molecular flexibility index (Phi) is 7.55. The van der Waals surface area contributed by atoms with Gasteiger partial charge in [0.15, 0.2) is 17.3 Å². The van der Waals surface area contributed by atoms with E-state index < -0.39 is 23.0 Å². The number of nitrogens with one attached hydrogen (secondary N) is 1. The highest BCUT2D eigenvalue weighted by atomic mass is 35.5. The minimum atomic E-state index is -4.71. The lowest BCUT2D eigenvalue weighted by Gasteiger charge is -2.20. The first-order valence-electron chi connectivity index (χ1n) is 10.5. The number of amides is 1. The normalized spacial score (nSPS) is 16.6. The summed E-state index contributed by atoms with van der Waals surface area (Å²) in [5.41, 5.74) is 0.243. The van der Waals surface area contributed by atoms with Gasteiger partial charge in [-0.15, -0.1) is 0 Å². The van der Waals surface area contributed by atoms with E-state index in [1.165, 1.54) is 6.08 Å². The van der Waals surface area contributed by atoms with E-state index in [2.05, 4.69) is 10.1 Å². The molecule has 36 heavy (non-hydrogen) atoms. The summed E-state index contributed by atoms with van der Waals surface area (Å²) in [5, 5.41) is 11.3. The van der Waals surface area contributed by atoms with Crippen LogP contribution in [-0.4, -0.2) is 53.0 Å². The summed E-state index contributed by atoms with van der Waals surface area (Å²) in [6, 6.07) is 11.9. The number of fused-ring (bicyclic) bond motifs is 1. The third-order valence-corrected chi connectivity index (χ3v) is 5.98. The molecule has 2 aliphatic rings. The number of benzene rings is 2. The quantitative estimate of drug-likeness (QED) is 0.358. The van der Waals surface area contributed by atoms with E-state index in [1.807, 2.05) is 0 Å². The highest BCUT2D eigenvalue weighted by molar-refractivity contribution is 8.27. The number of thioether (sulfide) groups is 1. The molecule has 0 bridgehead atoms. The maximum absolute atomic E-state index is 13.0. The van der Waals surface area contributed by atoms with Gasteiger partial charge in [0.25, 0.3) is 5.91 Å². The van der Waals surface area contributed by atoms with Crippen molar-refractivity contribution in [3.8, 4) is 17.2 Å². The van der Waals surface area contributed by atoms with E-state index in [4.69, 9.17) is 31.2 Å². The van der Waals surface area contributed by atoms with Crippen molar-refractivity contribution < 1.29 is 32.2 Å². The lowest BCUT2D eigenvalue weighted by atomic mass is 10.1. The first-order chi connectivity index (χ1) is 17.2. The molecule has 0 radical (unpaired) electrons. The van der Waals surface area contributed by atoms with Crippen LogP contribution in [0.15, 0.2) is 58.1 Å². The highest BCUT2D eigenvalue weighted by Crippen LogP contribution is 2.36. The van der Waals surface area contributed by atoms with Crippen LogP contribution in [-0.2, 0) is 4.79 Å². The number of carbonyl (C=O) groups excluding carboxylic acids is 1. The summed E-state index contributed by atoms with van der Waals surface area (Å²) < 4.78 is 56.0. The monoisotopic (exact) mass is 538 g/mol. The molecule has 2 heterocycles. The average molecular weight is 539 g/mol. The second-order valence-corrected chi connectivity index (χ2v) is 8.55. The number of carbonyl (C=O) groups is 1. The number of alkyl halides is 3. The summed E-state index contributed by atoms with van der Waals surface area (Å²) in [5.74, 6) is -0.0254. The van der Waals surface area contributed by atoms with Crippen molar-refractivity contribution in [2.75, 3.05) is 19.8 Å². The fourth-order valence-electron chi connectivity index (χ4n) is 3.14. The summed E-state index contributed by atoms with van der Waals surface area (Å²) >= 11 is 6.26. The molecule has 0 aromatic heterocycles. The third-order valence-electron chi connectivity index (χ3n) is 4.71. The molecule has 0 spiro atoms. The van der Waals surface area contributed by atoms with Gasteiger partial charge in [-0.2, -0.15) is 28.3 Å². The van der Waals surface area contributed by atoms with Gasteiger partial charge >= 0.3 is 6.18 Å². The molecule has 1 N–H and O–H groups in total. The van der Waals surface area contributed by atoms with Gasteiger partial charge in [0, 0.05) is 0 Å². The van der Waals surface area contributed by atoms with Crippen molar-refractivity contribution in [1.82, 2.24) is 5.01 Å². The minimum Gasteiger partial charge on any atom is -0.490 e. The van der Waals surface area contributed by atoms with Gasteiger partial charge in [-0.05, 0) is 54.6 Å². The average Bonchev–Trinajstić information content (AvgIpc) is 3.27. The summed E-state index contributed by atoms with van der Waals surface area (Å²) in [4.78, 5) is 16.1. The molecule has 0 saturated heterocycles. The topological polar surface area (TPSA) is 96.6 Å². The summed E-state index contributed by atoms with van der Waals surface area (Å²) in [6.45, 7) is 2.53. The van der Waals surface area contributed by atoms with Crippen LogP contribution in [0.1, 0.15) is 12.5 Å². The molecule has 0 atom stereocenters. The van der Waals surface area contributed by atoms with E-state index >= 15 is 0 Å².